The van der Waals surface area contributed by atoms with E-state index in [1.54, 1.807) is 45.2 Å². The van der Waals surface area contributed by atoms with Gasteiger partial charge in [0.15, 0.2) is 5.76 Å². The first kappa shape index (κ1) is 15.5. The molecule has 0 fully saturated rings. The van der Waals surface area contributed by atoms with Gasteiger partial charge in [0.1, 0.15) is 11.4 Å². The molecular formula is C15H17ClN2O3. The SMILES string of the molecule is Cc1noc(C)c1N(C)C(=O)CC(O)c1ccc(Cl)cc1. The molecule has 1 heterocycles. The number of hydrogen-bond acceptors (Lipinski definition) is 4. The van der Waals surface area contributed by atoms with Gasteiger partial charge in [0, 0.05) is 12.1 Å². The Labute approximate surface area is 128 Å². The van der Waals surface area contributed by atoms with E-state index in [0.29, 0.717) is 27.7 Å². The quantitative estimate of drug-likeness (QED) is 0.942. The van der Waals surface area contributed by atoms with Crippen molar-refractivity contribution < 1.29 is 14.4 Å². The van der Waals surface area contributed by atoms with Crippen molar-refractivity contribution in [2.75, 3.05) is 11.9 Å². The first-order valence-electron chi connectivity index (χ1n) is 6.53. The summed E-state index contributed by atoms with van der Waals surface area (Å²) in [6, 6.07) is 6.78. The van der Waals surface area contributed by atoms with Crippen LogP contribution in [0.2, 0.25) is 5.02 Å². The molecule has 1 unspecified atom stereocenters. The summed E-state index contributed by atoms with van der Waals surface area (Å²) in [5.74, 6) is 0.358. The lowest BCUT2D eigenvalue weighted by Gasteiger charge is -2.19. The molecule has 1 aromatic heterocycles. The van der Waals surface area contributed by atoms with E-state index in [1.807, 2.05) is 0 Å². The van der Waals surface area contributed by atoms with E-state index in [2.05, 4.69) is 5.16 Å². The summed E-state index contributed by atoms with van der Waals surface area (Å²) in [4.78, 5) is 13.7. The van der Waals surface area contributed by atoms with Gasteiger partial charge in [-0.15, -0.1) is 0 Å². The molecule has 0 bridgehead atoms. The van der Waals surface area contributed by atoms with E-state index in [0.717, 1.165) is 0 Å². The van der Waals surface area contributed by atoms with Crippen molar-refractivity contribution in [2.24, 2.45) is 0 Å². The van der Waals surface area contributed by atoms with Crippen LogP contribution in [0.15, 0.2) is 28.8 Å². The summed E-state index contributed by atoms with van der Waals surface area (Å²) in [5.41, 5.74) is 1.94. The number of carbonyl (C=O) groups is 1. The molecule has 2 rings (SSSR count). The molecule has 0 saturated carbocycles. The molecule has 0 aliphatic heterocycles. The number of carbonyl (C=O) groups excluding carboxylic acids is 1. The van der Waals surface area contributed by atoms with Crippen molar-refractivity contribution in [3.63, 3.8) is 0 Å². The smallest absolute Gasteiger partial charge is 0.229 e. The Morgan fingerprint density at radius 3 is 2.52 bits per heavy atom. The number of rotatable bonds is 4. The summed E-state index contributed by atoms with van der Waals surface area (Å²) >= 11 is 5.80. The van der Waals surface area contributed by atoms with Gasteiger partial charge in [0.2, 0.25) is 5.91 Å². The van der Waals surface area contributed by atoms with Gasteiger partial charge in [-0.05, 0) is 31.5 Å². The predicted octanol–water partition coefficient (Wildman–Crippen LogP) is 3.03. The van der Waals surface area contributed by atoms with Crippen LogP contribution in [-0.2, 0) is 4.79 Å². The predicted molar refractivity (Wildman–Crippen MR) is 80.4 cm³/mol. The highest BCUT2D eigenvalue weighted by atomic mass is 35.5. The van der Waals surface area contributed by atoms with Gasteiger partial charge < -0.3 is 14.5 Å². The lowest BCUT2D eigenvalue weighted by Crippen LogP contribution is -2.28. The first-order valence-corrected chi connectivity index (χ1v) is 6.91. The summed E-state index contributed by atoms with van der Waals surface area (Å²) < 4.78 is 5.05. The van der Waals surface area contributed by atoms with Crippen molar-refractivity contribution in [1.82, 2.24) is 5.16 Å². The van der Waals surface area contributed by atoms with Crippen LogP contribution < -0.4 is 4.90 Å². The van der Waals surface area contributed by atoms with Crippen LogP contribution in [0.4, 0.5) is 5.69 Å². The van der Waals surface area contributed by atoms with E-state index in [-0.39, 0.29) is 12.3 Å². The summed E-state index contributed by atoms with van der Waals surface area (Å²) in [7, 11) is 1.64. The number of aryl methyl sites for hydroxylation is 2. The van der Waals surface area contributed by atoms with Gasteiger partial charge in [0.25, 0.3) is 0 Å². The second kappa shape index (κ2) is 6.28. The minimum atomic E-state index is -0.877. The molecule has 0 aliphatic carbocycles. The zero-order chi connectivity index (χ0) is 15.6. The number of aliphatic hydroxyl groups is 1. The number of nitrogens with zero attached hydrogens (tertiary/aromatic N) is 2. The van der Waals surface area contributed by atoms with Gasteiger partial charge in [-0.2, -0.15) is 0 Å². The number of hydrogen-bond donors (Lipinski definition) is 1. The average Bonchev–Trinajstić information content (AvgIpc) is 2.78. The van der Waals surface area contributed by atoms with Crippen LogP contribution in [0.5, 0.6) is 0 Å². The van der Waals surface area contributed by atoms with E-state index < -0.39 is 6.10 Å². The Bertz CT molecular complexity index is 617. The van der Waals surface area contributed by atoms with Crippen LogP contribution in [0, 0.1) is 13.8 Å². The third-order valence-electron chi connectivity index (χ3n) is 3.33. The molecule has 0 radical (unpaired) electrons. The van der Waals surface area contributed by atoms with Crippen LogP contribution in [0.1, 0.15) is 29.5 Å². The maximum atomic E-state index is 12.3. The molecule has 0 saturated heterocycles. The van der Waals surface area contributed by atoms with Gasteiger partial charge >= 0.3 is 0 Å². The summed E-state index contributed by atoms with van der Waals surface area (Å²) in [6.45, 7) is 3.51. The fraction of sp³-hybridized carbons (Fsp3) is 0.333. The average molecular weight is 309 g/mol. The molecule has 21 heavy (non-hydrogen) atoms. The molecule has 6 heteroatoms. The highest BCUT2D eigenvalue weighted by molar-refractivity contribution is 6.30. The number of aromatic nitrogens is 1. The molecule has 1 N–H and O–H groups in total. The summed E-state index contributed by atoms with van der Waals surface area (Å²) in [5, 5.41) is 14.5. The molecule has 1 atom stereocenters. The maximum absolute atomic E-state index is 12.3. The fourth-order valence-corrected chi connectivity index (χ4v) is 2.31. The van der Waals surface area contributed by atoms with Crippen molar-refractivity contribution in [3.05, 3.63) is 46.3 Å². The number of benzene rings is 1. The van der Waals surface area contributed by atoms with Crippen molar-refractivity contribution >= 4 is 23.2 Å². The molecule has 0 aliphatic rings. The highest BCUT2D eigenvalue weighted by Gasteiger charge is 2.22. The van der Waals surface area contributed by atoms with E-state index in [1.165, 1.54) is 4.90 Å². The molecule has 1 aromatic carbocycles. The van der Waals surface area contributed by atoms with Crippen molar-refractivity contribution in [2.45, 2.75) is 26.4 Å². The van der Waals surface area contributed by atoms with Crippen LogP contribution in [0.25, 0.3) is 0 Å². The topological polar surface area (TPSA) is 66.6 Å². The Kier molecular flexibility index (Phi) is 4.65. The zero-order valence-corrected chi connectivity index (χ0v) is 12.9. The number of halogens is 1. The molecule has 1 amide bonds. The Morgan fingerprint density at radius 1 is 1.38 bits per heavy atom. The standard InChI is InChI=1S/C15H17ClN2O3/c1-9-15(10(2)21-17-9)18(3)14(20)8-13(19)11-4-6-12(16)7-5-11/h4-7,13,19H,8H2,1-3H3. The van der Waals surface area contributed by atoms with E-state index in [4.69, 9.17) is 16.1 Å². The second-order valence-corrected chi connectivity index (χ2v) is 5.33. The van der Waals surface area contributed by atoms with E-state index in [9.17, 15) is 9.90 Å². The zero-order valence-electron chi connectivity index (χ0n) is 12.1. The van der Waals surface area contributed by atoms with Gasteiger partial charge in [-0.25, -0.2) is 0 Å². The van der Waals surface area contributed by atoms with Crippen LogP contribution >= 0.6 is 11.6 Å². The maximum Gasteiger partial charge on any atom is 0.229 e. The van der Waals surface area contributed by atoms with Crippen molar-refractivity contribution in [1.29, 1.82) is 0 Å². The Balaban J connectivity index is 2.09. The van der Waals surface area contributed by atoms with Crippen molar-refractivity contribution in [3.8, 4) is 0 Å². The number of amides is 1. The fourth-order valence-electron chi connectivity index (χ4n) is 2.19. The Hall–Kier alpha value is -1.85. The Morgan fingerprint density at radius 2 is 2.00 bits per heavy atom. The largest absolute Gasteiger partial charge is 0.388 e. The lowest BCUT2D eigenvalue weighted by molar-refractivity contribution is -0.120. The number of aliphatic hydroxyl groups excluding tert-OH is 1. The molecule has 112 valence electrons. The highest BCUT2D eigenvalue weighted by Crippen LogP contribution is 2.26. The molecule has 5 nitrogen and oxygen atoms in total. The second-order valence-electron chi connectivity index (χ2n) is 4.90. The van der Waals surface area contributed by atoms with Crippen LogP contribution in [-0.4, -0.2) is 23.2 Å². The minimum absolute atomic E-state index is 0.0256. The van der Waals surface area contributed by atoms with Gasteiger partial charge in [0.05, 0.1) is 12.5 Å². The van der Waals surface area contributed by atoms with Gasteiger partial charge in [-0.1, -0.05) is 28.9 Å². The molecular weight excluding hydrogens is 292 g/mol. The monoisotopic (exact) mass is 308 g/mol. The van der Waals surface area contributed by atoms with E-state index >= 15 is 0 Å². The van der Waals surface area contributed by atoms with Gasteiger partial charge in [-0.3, -0.25) is 4.79 Å². The summed E-state index contributed by atoms with van der Waals surface area (Å²) in [6.07, 6.45) is -0.903. The normalized spacial score (nSPS) is 12.2. The minimum Gasteiger partial charge on any atom is -0.388 e. The molecule has 0 spiro atoms. The lowest BCUT2D eigenvalue weighted by atomic mass is 10.1. The number of anilines is 1. The first-order chi connectivity index (χ1) is 9.90. The third-order valence-corrected chi connectivity index (χ3v) is 3.58. The van der Waals surface area contributed by atoms with Crippen LogP contribution in [0.3, 0.4) is 0 Å². The third kappa shape index (κ3) is 3.43. The molecule has 2 aromatic rings.